The van der Waals surface area contributed by atoms with Gasteiger partial charge in [-0.2, -0.15) is 0 Å². The van der Waals surface area contributed by atoms with Crippen LogP contribution in [0.2, 0.25) is 0 Å². The fraction of sp³-hybridized carbons (Fsp3) is 0.211. The SMILES string of the molecule is CC(C)C(Nc1cnc(C(N)=O)c(Nc2cc(F)c3ncccc3c2)n1)C(N)=O. The lowest BCUT2D eigenvalue weighted by atomic mass is 10.0. The van der Waals surface area contributed by atoms with Crippen molar-refractivity contribution in [1.82, 2.24) is 15.0 Å². The van der Waals surface area contributed by atoms with Crippen molar-refractivity contribution in [3.63, 3.8) is 0 Å². The largest absolute Gasteiger partial charge is 0.368 e. The molecule has 3 aromatic rings. The number of rotatable bonds is 7. The first-order chi connectivity index (χ1) is 13.8. The molecule has 150 valence electrons. The number of benzene rings is 1. The lowest BCUT2D eigenvalue weighted by molar-refractivity contribution is -0.119. The van der Waals surface area contributed by atoms with Crippen LogP contribution in [0, 0.1) is 11.7 Å². The van der Waals surface area contributed by atoms with Crippen LogP contribution < -0.4 is 22.1 Å². The van der Waals surface area contributed by atoms with Crippen LogP contribution in [0.25, 0.3) is 10.9 Å². The number of primary amides is 2. The molecule has 2 aromatic heterocycles. The quantitative estimate of drug-likeness (QED) is 0.476. The van der Waals surface area contributed by atoms with Gasteiger partial charge < -0.3 is 22.1 Å². The molecule has 3 rings (SSSR count). The van der Waals surface area contributed by atoms with Crippen LogP contribution in [0.4, 0.5) is 21.7 Å². The Morgan fingerprint density at radius 1 is 1.17 bits per heavy atom. The van der Waals surface area contributed by atoms with Crippen molar-refractivity contribution in [2.45, 2.75) is 19.9 Å². The number of nitrogens with zero attached hydrogens (tertiary/aromatic N) is 3. The average molecular weight is 397 g/mol. The summed E-state index contributed by atoms with van der Waals surface area (Å²) in [5.74, 6) is -1.80. The molecule has 6 N–H and O–H groups in total. The van der Waals surface area contributed by atoms with E-state index >= 15 is 0 Å². The molecule has 9 nitrogen and oxygen atoms in total. The molecule has 0 saturated carbocycles. The van der Waals surface area contributed by atoms with E-state index in [9.17, 15) is 14.0 Å². The molecule has 1 atom stereocenters. The molecule has 0 saturated heterocycles. The molecule has 2 heterocycles. The van der Waals surface area contributed by atoms with E-state index in [1.807, 2.05) is 13.8 Å². The summed E-state index contributed by atoms with van der Waals surface area (Å²) in [5, 5.41) is 6.31. The number of halogens is 1. The van der Waals surface area contributed by atoms with Crippen molar-refractivity contribution in [3.05, 3.63) is 48.2 Å². The molecule has 0 aliphatic carbocycles. The summed E-state index contributed by atoms with van der Waals surface area (Å²) in [6, 6.07) is 5.57. The second-order valence-corrected chi connectivity index (χ2v) is 6.74. The molecule has 0 bridgehead atoms. The Hall–Kier alpha value is -3.82. The molecule has 0 fully saturated rings. The highest BCUT2D eigenvalue weighted by Gasteiger charge is 2.21. The van der Waals surface area contributed by atoms with E-state index in [1.165, 1.54) is 18.5 Å². The normalized spacial score (nSPS) is 12.0. The summed E-state index contributed by atoms with van der Waals surface area (Å²) in [4.78, 5) is 35.7. The maximum atomic E-state index is 14.3. The fourth-order valence-corrected chi connectivity index (χ4v) is 2.81. The number of anilines is 3. The summed E-state index contributed by atoms with van der Waals surface area (Å²) in [7, 11) is 0. The zero-order chi connectivity index (χ0) is 21.1. The summed E-state index contributed by atoms with van der Waals surface area (Å²) in [5.41, 5.74) is 11.2. The average Bonchev–Trinajstić information content (AvgIpc) is 2.65. The first kappa shape index (κ1) is 19.9. The van der Waals surface area contributed by atoms with Gasteiger partial charge in [0.1, 0.15) is 17.4 Å². The van der Waals surface area contributed by atoms with Crippen LogP contribution in [0.1, 0.15) is 24.3 Å². The lowest BCUT2D eigenvalue weighted by Crippen LogP contribution is -2.39. The predicted molar refractivity (Wildman–Crippen MR) is 107 cm³/mol. The zero-order valence-corrected chi connectivity index (χ0v) is 15.8. The lowest BCUT2D eigenvalue weighted by Gasteiger charge is -2.20. The van der Waals surface area contributed by atoms with Gasteiger partial charge in [-0.1, -0.05) is 19.9 Å². The minimum absolute atomic E-state index is 0.0112. The zero-order valence-electron chi connectivity index (χ0n) is 15.8. The van der Waals surface area contributed by atoms with Gasteiger partial charge in [0.25, 0.3) is 5.91 Å². The third-order valence-corrected chi connectivity index (χ3v) is 4.20. The van der Waals surface area contributed by atoms with Gasteiger partial charge in [-0.25, -0.2) is 14.4 Å². The minimum atomic E-state index is -0.815. The summed E-state index contributed by atoms with van der Waals surface area (Å²) < 4.78 is 14.3. The number of hydrogen-bond donors (Lipinski definition) is 4. The Balaban J connectivity index is 1.99. The molecular formula is C19H20FN7O2. The van der Waals surface area contributed by atoms with E-state index in [2.05, 4.69) is 25.6 Å². The Bertz CT molecular complexity index is 1090. The van der Waals surface area contributed by atoms with E-state index < -0.39 is 23.7 Å². The third-order valence-electron chi connectivity index (χ3n) is 4.20. The van der Waals surface area contributed by atoms with Crippen molar-refractivity contribution in [1.29, 1.82) is 0 Å². The van der Waals surface area contributed by atoms with Crippen LogP contribution >= 0.6 is 0 Å². The van der Waals surface area contributed by atoms with E-state index in [4.69, 9.17) is 11.5 Å². The van der Waals surface area contributed by atoms with Gasteiger partial charge >= 0.3 is 0 Å². The highest BCUT2D eigenvalue weighted by atomic mass is 19.1. The molecule has 1 unspecified atom stereocenters. The number of pyridine rings is 1. The summed E-state index contributed by atoms with van der Waals surface area (Å²) >= 11 is 0. The van der Waals surface area contributed by atoms with Crippen molar-refractivity contribution in [3.8, 4) is 0 Å². The molecule has 0 spiro atoms. The Labute approximate surface area is 165 Å². The number of carbonyl (C=O) groups excluding carboxylic acids is 2. The third kappa shape index (κ3) is 4.37. The van der Waals surface area contributed by atoms with Crippen molar-refractivity contribution in [2.75, 3.05) is 10.6 Å². The highest BCUT2D eigenvalue weighted by Crippen LogP contribution is 2.25. The maximum absolute atomic E-state index is 14.3. The maximum Gasteiger partial charge on any atom is 0.271 e. The van der Waals surface area contributed by atoms with E-state index in [0.29, 0.717) is 11.1 Å². The predicted octanol–water partition coefficient (Wildman–Crippen LogP) is 1.93. The molecule has 0 aliphatic rings. The number of amides is 2. The number of nitrogens with one attached hydrogen (secondary N) is 2. The molecule has 29 heavy (non-hydrogen) atoms. The Morgan fingerprint density at radius 2 is 1.93 bits per heavy atom. The van der Waals surface area contributed by atoms with Crippen LogP contribution in [-0.4, -0.2) is 32.8 Å². The van der Waals surface area contributed by atoms with Crippen LogP contribution in [0.15, 0.2) is 36.7 Å². The van der Waals surface area contributed by atoms with Gasteiger partial charge in [-0.05, 0) is 24.1 Å². The van der Waals surface area contributed by atoms with Crippen LogP contribution in [0.5, 0.6) is 0 Å². The number of carbonyl (C=O) groups is 2. The Morgan fingerprint density at radius 3 is 2.59 bits per heavy atom. The fourth-order valence-electron chi connectivity index (χ4n) is 2.81. The van der Waals surface area contributed by atoms with Crippen LogP contribution in [0.3, 0.4) is 0 Å². The minimum Gasteiger partial charge on any atom is -0.368 e. The van der Waals surface area contributed by atoms with Gasteiger partial charge in [0.15, 0.2) is 17.3 Å². The standard InChI is InChI=1S/C19H20FN7O2/c1-9(2)14(17(21)28)26-13-8-24-16(18(22)29)19(27-13)25-11-6-10-4-3-5-23-15(10)12(20)7-11/h3-9,14H,1-2H3,(H2,21,28)(H2,22,29)(H2,25,26,27). The van der Waals surface area contributed by atoms with Gasteiger partial charge in [0.2, 0.25) is 5.91 Å². The number of nitrogens with two attached hydrogens (primary N) is 2. The van der Waals surface area contributed by atoms with E-state index in [0.717, 1.165) is 0 Å². The van der Waals surface area contributed by atoms with Gasteiger partial charge in [0, 0.05) is 17.3 Å². The molecule has 0 radical (unpaired) electrons. The van der Waals surface area contributed by atoms with Crippen molar-refractivity contribution < 1.29 is 14.0 Å². The topological polar surface area (TPSA) is 149 Å². The van der Waals surface area contributed by atoms with Gasteiger partial charge in [-0.3, -0.25) is 14.6 Å². The molecule has 1 aromatic carbocycles. The van der Waals surface area contributed by atoms with Crippen molar-refractivity contribution >= 4 is 40.0 Å². The monoisotopic (exact) mass is 397 g/mol. The first-order valence-corrected chi connectivity index (χ1v) is 8.80. The van der Waals surface area contributed by atoms with Gasteiger partial charge in [0.05, 0.1) is 6.20 Å². The molecule has 2 amide bonds. The molecule has 10 heteroatoms. The molecule has 0 aliphatic heterocycles. The smallest absolute Gasteiger partial charge is 0.271 e. The van der Waals surface area contributed by atoms with Crippen LogP contribution in [-0.2, 0) is 4.79 Å². The summed E-state index contributed by atoms with van der Waals surface area (Å²) in [6.07, 6.45) is 2.77. The van der Waals surface area contributed by atoms with Crippen molar-refractivity contribution in [2.24, 2.45) is 17.4 Å². The Kier molecular flexibility index (Phi) is 5.53. The highest BCUT2D eigenvalue weighted by molar-refractivity contribution is 5.97. The molecular weight excluding hydrogens is 377 g/mol. The number of aromatic nitrogens is 3. The second-order valence-electron chi connectivity index (χ2n) is 6.74. The number of fused-ring (bicyclic) bond motifs is 1. The van der Waals surface area contributed by atoms with E-state index in [1.54, 1.807) is 18.2 Å². The van der Waals surface area contributed by atoms with Gasteiger partial charge in [-0.15, -0.1) is 0 Å². The van der Waals surface area contributed by atoms with E-state index in [-0.39, 0.29) is 28.8 Å². The number of hydrogen-bond acceptors (Lipinski definition) is 7. The summed E-state index contributed by atoms with van der Waals surface area (Å²) in [6.45, 7) is 3.64. The first-order valence-electron chi connectivity index (χ1n) is 8.80. The second kappa shape index (κ2) is 8.05.